The first-order valence-corrected chi connectivity index (χ1v) is 2.88. The second-order valence-electron chi connectivity index (χ2n) is 1.73. The molecule has 2 N–H and O–H groups in total. The van der Waals surface area contributed by atoms with Gasteiger partial charge in [-0.25, -0.2) is 0 Å². The minimum atomic E-state index is 0. The minimum absolute atomic E-state index is 0. The molecule has 3 nitrogen and oxygen atoms in total. The van der Waals surface area contributed by atoms with Crippen LogP contribution in [0.1, 0.15) is 6.92 Å². The zero-order chi connectivity index (χ0) is 6.41. The van der Waals surface area contributed by atoms with E-state index in [4.69, 9.17) is 5.21 Å². The summed E-state index contributed by atoms with van der Waals surface area (Å²) >= 11 is 0. The SMILES string of the molecule is CCNCCN(C)O.[NaH]. The maximum atomic E-state index is 8.57. The van der Waals surface area contributed by atoms with Crippen molar-refractivity contribution in [2.24, 2.45) is 0 Å². The van der Waals surface area contributed by atoms with Gasteiger partial charge in [-0.15, -0.1) is 0 Å². The Hall–Kier alpha value is 0.880. The summed E-state index contributed by atoms with van der Waals surface area (Å²) in [6.45, 7) is 4.54. The molecule has 0 aliphatic heterocycles. The van der Waals surface area contributed by atoms with Gasteiger partial charge in [0.15, 0.2) is 0 Å². The normalized spacial score (nSPS) is 9.33. The van der Waals surface area contributed by atoms with Crippen LogP contribution in [0, 0.1) is 0 Å². The molecule has 0 amide bonds. The van der Waals surface area contributed by atoms with Gasteiger partial charge in [-0.3, -0.25) is 0 Å². The predicted octanol–water partition coefficient (Wildman–Crippen LogP) is -0.732. The van der Waals surface area contributed by atoms with Gasteiger partial charge in [-0.05, 0) is 6.54 Å². The van der Waals surface area contributed by atoms with E-state index < -0.39 is 0 Å². The van der Waals surface area contributed by atoms with Crippen molar-refractivity contribution in [2.75, 3.05) is 26.7 Å². The van der Waals surface area contributed by atoms with Gasteiger partial charge in [0.25, 0.3) is 0 Å². The second-order valence-corrected chi connectivity index (χ2v) is 1.73. The molecule has 0 unspecified atom stereocenters. The number of hydrogen-bond donors (Lipinski definition) is 2. The molecule has 0 heterocycles. The van der Waals surface area contributed by atoms with E-state index in [9.17, 15) is 0 Å². The predicted molar refractivity (Wildman–Crippen MR) is 40.1 cm³/mol. The average Bonchev–Trinajstić information content (AvgIpc) is 1.66. The van der Waals surface area contributed by atoms with Crippen molar-refractivity contribution < 1.29 is 5.21 Å². The summed E-state index contributed by atoms with van der Waals surface area (Å²) in [5.74, 6) is 0. The fraction of sp³-hybridized carbons (Fsp3) is 1.00. The second kappa shape index (κ2) is 8.88. The third kappa shape index (κ3) is 12.2. The van der Waals surface area contributed by atoms with Crippen LogP contribution in [0.5, 0.6) is 0 Å². The average molecular weight is 142 g/mol. The first-order chi connectivity index (χ1) is 3.77. The summed E-state index contributed by atoms with van der Waals surface area (Å²) in [5, 5.41) is 12.8. The fourth-order valence-electron chi connectivity index (χ4n) is 0.418. The molecule has 0 radical (unpaired) electrons. The van der Waals surface area contributed by atoms with Crippen LogP contribution < -0.4 is 5.32 Å². The Morgan fingerprint density at radius 2 is 2.11 bits per heavy atom. The van der Waals surface area contributed by atoms with E-state index in [1.807, 2.05) is 6.92 Å². The van der Waals surface area contributed by atoms with Crippen LogP contribution in [0.15, 0.2) is 0 Å². The summed E-state index contributed by atoms with van der Waals surface area (Å²) < 4.78 is 0. The standard InChI is InChI=1S/C5H14N2O.Na.H/c1-3-6-4-5-7(2)8;;/h6,8H,3-5H2,1-2H3;;. The summed E-state index contributed by atoms with van der Waals surface area (Å²) in [6, 6.07) is 0. The number of likely N-dealkylation sites (N-methyl/N-ethyl adjacent to an activating group) is 2. The van der Waals surface area contributed by atoms with Crippen molar-refractivity contribution in [3.8, 4) is 0 Å². The van der Waals surface area contributed by atoms with E-state index in [1.165, 1.54) is 5.06 Å². The number of hydrogen-bond acceptors (Lipinski definition) is 3. The first-order valence-electron chi connectivity index (χ1n) is 2.88. The Kier molecular flexibility index (Phi) is 12.4. The molecular weight excluding hydrogens is 127 g/mol. The molecule has 4 heteroatoms. The van der Waals surface area contributed by atoms with Crippen LogP contribution in [0.3, 0.4) is 0 Å². The molecule has 0 saturated carbocycles. The van der Waals surface area contributed by atoms with E-state index in [2.05, 4.69) is 5.32 Å². The molecule has 0 aromatic rings. The maximum absolute atomic E-state index is 8.57. The molecule has 0 fully saturated rings. The summed E-state index contributed by atoms with van der Waals surface area (Å²) in [4.78, 5) is 0. The fourth-order valence-corrected chi connectivity index (χ4v) is 0.418. The van der Waals surface area contributed by atoms with Gasteiger partial charge in [0, 0.05) is 20.1 Å². The molecule has 0 spiro atoms. The summed E-state index contributed by atoms with van der Waals surface area (Å²) in [6.07, 6.45) is 0. The number of nitrogens with zero attached hydrogens (tertiary/aromatic N) is 1. The monoisotopic (exact) mass is 142 g/mol. The van der Waals surface area contributed by atoms with Gasteiger partial charge in [0.1, 0.15) is 0 Å². The topological polar surface area (TPSA) is 35.5 Å². The van der Waals surface area contributed by atoms with Crippen molar-refractivity contribution in [2.45, 2.75) is 6.92 Å². The Morgan fingerprint density at radius 3 is 2.44 bits per heavy atom. The van der Waals surface area contributed by atoms with Crippen molar-refractivity contribution in [3.63, 3.8) is 0 Å². The molecule has 0 aliphatic rings. The molecular formula is C5H15N2NaO. The van der Waals surface area contributed by atoms with E-state index in [1.54, 1.807) is 7.05 Å². The summed E-state index contributed by atoms with van der Waals surface area (Å²) in [5.41, 5.74) is 0. The van der Waals surface area contributed by atoms with Crippen LogP contribution in [-0.2, 0) is 0 Å². The molecule has 0 saturated heterocycles. The quantitative estimate of drug-likeness (QED) is 0.308. The van der Waals surface area contributed by atoms with Gasteiger partial charge < -0.3 is 10.5 Å². The molecule has 0 atom stereocenters. The first kappa shape index (κ1) is 12.5. The van der Waals surface area contributed by atoms with Crippen LogP contribution >= 0.6 is 0 Å². The molecule has 0 bridgehead atoms. The van der Waals surface area contributed by atoms with Crippen molar-refractivity contribution in [1.82, 2.24) is 10.4 Å². The third-order valence-corrected chi connectivity index (χ3v) is 0.862. The van der Waals surface area contributed by atoms with Crippen molar-refractivity contribution >= 4 is 29.6 Å². The van der Waals surface area contributed by atoms with E-state index in [-0.39, 0.29) is 29.6 Å². The Morgan fingerprint density at radius 1 is 1.56 bits per heavy atom. The number of rotatable bonds is 4. The zero-order valence-corrected chi connectivity index (χ0v) is 5.52. The van der Waals surface area contributed by atoms with Crippen LogP contribution in [0.4, 0.5) is 0 Å². The van der Waals surface area contributed by atoms with Gasteiger partial charge >= 0.3 is 29.6 Å². The van der Waals surface area contributed by atoms with E-state index in [0.717, 1.165) is 13.1 Å². The third-order valence-electron chi connectivity index (χ3n) is 0.862. The number of nitrogens with one attached hydrogen (secondary N) is 1. The Balaban J connectivity index is 0. The number of hydroxylamine groups is 2. The zero-order valence-electron chi connectivity index (χ0n) is 5.52. The van der Waals surface area contributed by atoms with Crippen LogP contribution in [0.25, 0.3) is 0 Å². The van der Waals surface area contributed by atoms with Gasteiger partial charge in [0.2, 0.25) is 0 Å². The molecule has 52 valence electrons. The van der Waals surface area contributed by atoms with E-state index >= 15 is 0 Å². The molecule has 0 rings (SSSR count). The Labute approximate surface area is 78.7 Å². The Bertz CT molecular complexity index is 52.2. The van der Waals surface area contributed by atoms with Gasteiger partial charge in [-0.2, -0.15) is 5.06 Å². The molecule has 0 aromatic heterocycles. The van der Waals surface area contributed by atoms with Gasteiger partial charge in [-0.1, -0.05) is 6.92 Å². The van der Waals surface area contributed by atoms with Crippen LogP contribution in [0.2, 0.25) is 0 Å². The molecule has 9 heavy (non-hydrogen) atoms. The molecule has 0 aliphatic carbocycles. The van der Waals surface area contributed by atoms with Crippen molar-refractivity contribution in [3.05, 3.63) is 0 Å². The van der Waals surface area contributed by atoms with Gasteiger partial charge in [0.05, 0.1) is 0 Å². The van der Waals surface area contributed by atoms with Crippen LogP contribution in [-0.4, -0.2) is 66.5 Å². The van der Waals surface area contributed by atoms with E-state index in [0.29, 0.717) is 6.54 Å². The van der Waals surface area contributed by atoms with Crippen molar-refractivity contribution in [1.29, 1.82) is 0 Å². The molecule has 0 aromatic carbocycles. The summed E-state index contributed by atoms with van der Waals surface area (Å²) in [7, 11) is 1.64.